The Balaban J connectivity index is 1.88. The van der Waals surface area contributed by atoms with Crippen LogP contribution in [0.4, 0.5) is 0 Å². The molecule has 3 N–H and O–H groups in total. The molecule has 0 atom stereocenters. The summed E-state index contributed by atoms with van der Waals surface area (Å²) >= 11 is 0. The molecule has 0 fully saturated rings. The number of hydrogen-bond donors (Lipinski definition) is 3. The van der Waals surface area contributed by atoms with Gasteiger partial charge >= 0.3 is 0 Å². The largest absolute Gasteiger partial charge is 0.504 e. The molecule has 0 aliphatic carbocycles. The fourth-order valence-electron chi connectivity index (χ4n) is 3.39. The minimum Gasteiger partial charge on any atom is -0.504 e. The monoisotopic (exact) mass is 429 g/mol. The van der Waals surface area contributed by atoms with E-state index < -0.39 is 0 Å². The van der Waals surface area contributed by atoms with Crippen molar-refractivity contribution in [3.8, 4) is 28.6 Å². The second kappa shape index (κ2) is 8.85. The maximum atomic E-state index is 10.9. The van der Waals surface area contributed by atoms with Crippen LogP contribution in [0.2, 0.25) is 0 Å². The Morgan fingerprint density at radius 2 is 1.97 bits per heavy atom. The molecule has 7 nitrogen and oxygen atoms in total. The van der Waals surface area contributed by atoms with Crippen LogP contribution < -0.4 is 0 Å². The number of phenols is 2. The lowest BCUT2D eigenvalue weighted by Crippen LogP contribution is -2.01. The average molecular weight is 429 g/mol. The molecule has 0 saturated heterocycles. The molecule has 162 valence electrons. The normalized spacial score (nSPS) is 12.1. The van der Waals surface area contributed by atoms with E-state index in [4.69, 9.17) is 9.40 Å². The van der Waals surface area contributed by atoms with Crippen molar-refractivity contribution in [1.82, 2.24) is 14.4 Å². The van der Waals surface area contributed by atoms with Crippen molar-refractivity contribution in [3.63, 3.8) is 0 Å². The maximum Gasteiger partial charge on any atom is 0.219 e. The van der Waals surface area contributed by atoms with Crippen molar-refractivity contribution < 1.29 is 19.7 Å². The van der Waals surface area contributed by atoms with Crippen LogP contribution in [-0.4, -0.2) is 29.7 Å². The molecule has 0 spiro atoms. The predicted molar refractivity (Wildman–Crippen MR) is 122 cm³/mol. The highest BCUT2D eigenvalue weighted by molar-refractivity contribution is 5.66. The van der Waals surface area contributed by atoms with Crippen LogP contribution in [0.3, 0.4) is 0 Å². The summed E-state index contributed by atoms with van der Waals surface area (Å²) in [4.78, 5) is 9.41. The highest BCUT2D eigenvalue weighted by Gasteiger charge is 2.19. The number of fused-ring (bicyclic) bond motifs is 1. The molecule has 32 heavy (non-hydrogen) atoms. The summed E-state index contributed by atoms with van der Waals surface area (Å²) < 4.78 is 6.98. The van der Waals surface area contributed by atoms with Gasteiger partial charge in [-0.1, -0.05) is 30.9 Å². The molecular formula is C25H23N3O4. The quantitative estimate of drug-likeness (QED) is 0.284. The number of aromatic nitrogens is 3. The average Bonchev–Trinajstić information content (AvgIpc) is 3.41. The minimum absolute atomic E-state index is 0.0121. The second-order valence-electron chi connectivity index (χ2n) is 7.26. The first-order valence-corrected chi connectivity index (χ1v) is 10.1. The zero-order valence-corrected chi connectivity index (χ0v) is 17.6. The van der Waals surface area contributed by atoms with Crippen LogP contribution in [0.1, 0.15) is 24.1 Å². The van der Waals surface area contributed by atoms with Crippen molar-refractivity contribution in [2.75, 3.05) is 0 Å². The van der Waals surface area contributed by atoms with Gasteiger partial charge in [0, 0.05) is 18.2 Å². The summed E-state index contributed by atoms with van der Waals surface area (Å²) in [6.07, 6.45) is 11.5. The van der Waals surface area contributed by atoms with Gasteiger partial charge in [0.05, 0.1) is 24.1 Å². The number of aromatic hydroxyl groups is 3. The van der Waals surface area contributed by atoms with Crippen LogP contribution in [0.15, 0.2) is 83.7 Å². The number of imidazole rings is 1. The van der Waals surface area contributed by atoms with Gasteiger partial charge in [0.15, 0.2) is 17.1 Å². The van der Waals surface area contributed by atoms with E-state index in [1.54, 1.807) is 35.1 Å². The smallest absolute Gasteiger partial charge is 0.219 e. The van der Waals surface area contributed by atoms with Gasteiger partial charge in [-0.3, -0.25) is 4.40 Å². The SMILES string of the molecule is C=C/C(=C\C=C/C)Cc1nc(-c2ccc(O)c(O)c2)cn2c(O)c(Cc3ccco3)nc12. The summed E-state index contributed by atoms with van der Waals surface area (Å²) in [5.41, 5.74) is 3.64. The Morgan fingerprint density at radius 3 is 2.66 bits per heavy atom. The van der Waals surface area contributed by atoms with Crippen LogP contribution in [0, 0.1) is 0 Å². The van der Waals surface area contributed by atoms with Crippen LogP contribution in [0.25, 0.3) is 16.9 Å². The van der Waals surface area contributed by atoms with E-state index in [-0.39, 0.29) is 17.4 Å². The van der Waals surface area contributed by atoms with Crippen molar-refractivity contribution in [2.24, 2.45) is 0 Å². The number of furan rings is 1. The summed E-state index contributed by atoms with van der Waals surface area (Å²) in [7, 11) is 0. The Hall–Kier alpha value is -4.26. The van der Waals surface area contributed by atoms with E-state index >= 15 is 0 Å². The Bertz CT molecular complexity index is 1330. The van der Waals surface area contributed by atoms with Gasteiger partial charge in [-0.05, 0) is 42.8 Å². The number of nitrogens with zero attached hydrogens (tertiary/aromatic N) is 3. The summed E-state index contributed by atoms with van der Waals surface area (Å²) in [5, 5.41) is 30.5. The first kappa shape index (κ1) is 21.0. The molecule has 0 amide bonds. The highest BCUT2D eigenvalue weighted by Crippen LogP contribution is 2.32. The first-order chi connectivity index (χ1) is 15.5. The van der Waals surface area contributed by atoms with Crippen molar-refractivity contribution in [2.45, 2.75) is 19.8 Å². The van der Waals surface area contributed by atoms with Gasteiger partial charge in [0.25, 0.3) is 0 Å². The van der Waals surface area contributed by atoms with Gasteiger partial charge in [-0.2, -0.15) is 0 Å². The first-order valence-electron chi connectivity index (χ1n) is 10.1. The summed E-state index contributed by atoms with van der Waals surface area (Å²) in [6.45, 7) is 5.81. The van der Waals surface area contributed by atoms with Gasteiger partial charge in [0.2, 0.25) is 5.88 Å². The minimum atomic E-state index is -0.251. The van der Waals surface area contributed by atoms with Crippen LogP contribution in [-0.2, 0) is 12.8 Å². The molecule has 4 rings (SSSR count). The highest BCUT2D eigenvalue weighted by atomic mass is 16.3. The molecule has 0 bridgehead atoms. The standard InChI is InChI=1S/C25H23N3O4/c1-3-5-7-16(4-2)12-19-24-27-20(14-18-8-6-11-32-18)25(31)28(24)15-21(26-19)17-9-10-22(29)23(30)13-17/h3-11,13,15,29-31H,2,12,14H2,1H3/b5-3-,16-7+. The Labute approximate surface area is 184 Å². The molecule has 7 heteroatoms. The van der Waals surface area contributed by atoms with Gasteiger partial charge in [-0.15, -0.1) is 0 Å². The molecule has 0 aliphatic rings. The van der Waals surface area contributed by atoms with Crippen LogP contribution in [0.5, 0.6) is 17.4 Å². The second-order valence-corrected chi connectivity index (χ2v) is 7.26. The summed E-state index contributed by atoms with van der Waals surface area (Å²) in [5.74, 6) is 0.201. The van der Waals surface area contributed by atoms with Gasteiger partial charge in [0.1, 0.15) is 11.5 Å². The van der Waals surface area contributed by atoms with E-state index in [0.29, 0.717) is 46.9 Å². The van der Waals surface area contributed by atoms with Crippen molar-refractivity contribution in [3.05, 3.63) is 96.4 Å². The van der Waals surface area contributed by atoms with Crippen LogP contribution >= 0.6 is 0 Å². The topological polar surface area (TPSA) is 104 Å². The number of benzene rings is 1. The Kier molecular flexibility index (Phi) is 5.81. The fourth-order valence-corrected chi connectivity index (χ4v) is 3.39. The van der Waals surface area contributed by atoms with E-state index in [2.05, 4.69) is 11.6 Å². The Morgan fingerprint density at radius 1 is 1.12 bits per heavy atom. The predicted octanol–water partition coefficient (Wildman–Crippen LogP) is 4.93. The van der Waals surface area contributed by atoms with Gasteiger partial charge < -0.3 is 19.7 Å². The number of allylic oxidation sites excluding steroid dienone is 5. The fraction of sp³-hybridized carbons (Fsp3) is 0.120. The lowest BCUT2D eigenvalue weighted by atomic mass is 10.1. The zero-order chi connectivity index (χ0) is 22.7. The van der Waals surface area contributed by atoms with E-state index in [1.165, 1.54) is 12.1 Å². The number of hydrogen-bond acceptors (Lipinski definition) is 6. The molecule has 3 aromatic heterocycles. The van der Waals surface area contributed by atoms with Crippen molar-refractivity contribution >= 4 is 5.65 Å². The lowest BCUT2D eigenvalue weighted by molar-refractivity contribution is 0.404. The van der Waals surface area contributed by atoms with Crippen molar-refractivity contribution in [1.29, 1.82) is 0 Å². The zero-order valence-electron chi connectivity index (χ0n) is 17.6. The van der Waals surface area contributed by atoms with Gasteiger partial charge in [-0.25, -0.2) is 9.97 Å². The lowest BCUT2D eigenvalue weighted by Gasteiger charge is -2.09. The third kappa shape index (κ3) is 4.13. The number of phenolic OH excluding ortho intramolecular Hbond substituents is 2. The maximum absolute atomic E-state index is 10.9. The van der Waals surface area contributed by atoms with E-state index in [1.807, 2.05) is 31.2 Å². The third-order valence-corrected chi connectivity index (χ3v) is 5.05. The van der Waals surface area contributed by atoms with E-state index in [9.17, 15) is 15.3 Å². The van der Waals surface area contributed by atoms with E-state index in [0.717, 1.165) is 5.57 Å². The molecule has 0 radical (unpaired) electrons. The molecule has 4 aromatic rings. The molecule has 0 aliphatic heterocycles. The molecule has 0 saturated carbocycles. The summed E-state index contributed by atoms with van der Waals surface area (Å²) in [6, 6.07) is 8.08. The molecule has 3 heterocycles. The number of rotatable bonds is 7. The molecular weight excluding hydrogens is 406 g/mol. The molecule has 0 unspecified atom stereocenters. The third-order valence-electron chi connectivity index (χ3n) is 5.05. The molecule has 1 aromatic carbocycles.